The van der Waals surface area contributed by atoms with Gasteiger partial charge in [-0.3, -0.25) is 4.79 Å². The van der Waals surface area contributed by atoms with Gasteiger partial charge in [0.15, 0.2) is 0 Å². The number of nitrogens with one attached hydrogen (secondary N) is 1. The number of hydrogen-bond donors (Lipinski definition) is 2. The fourth-order valence-electron chi connectivity index (χ4n) is 1.90. The van der Waals surface area contributed by atoms with Crippen molar-refractivity contribution in [3.05, 3.63) is 23.5 Å². The van der Waals surface area contributed by atoms with Gasteiger partial charge in [0.1, 0.15) is 5.82 Å². The SMILES string of the molecule is Cc1c(F)cc(N)cc1S(=O)(=O)N1CCNC(=O)C1. The van der Waals surface area contributed by atoms with Crippen LogP contribution in [0.1, 0.15) is 5.56 Å². The smallest absolute Gasteiger partial charge is 0.244 e. The molecule has 0 unspecified atom stereocenters. The number of carbonyl (C=O) groups excluding carboxylic acids is 1. The van der Waals surface area contributed by atoms with Crippen LogP contribution < -0.4 is 11.1 Å². The molecule has 0 bridgehead atoms. The number of benzene rings is 1. The highest BCUT2D eigenvalue weighted by Gasteiger charge is 2.31. The van der Waals surface area contributed by atoms with E-state index < -0.39 is 15.8 Å². The van der Waals surface area contributed by atoms with Crippen LogP contribution in [0, 0.1) is 12.7 Å². The van der Waals surface area contributed by atoms with Gasteiger partial charge in [-0.1, -0.05) is 0 Å². The molecule has 0 atom stereocenters. The van der Waals surface area contributed by atoms with Crippen molar-refractivity contribution in [3.8, 4) is 0 Å². The number of piperazine rings is 1. The lowest BCUT2D eigenvalue weighted by atomic mass is 10.2. The van der Waals surface area contributed by atoms with Crippen LogP contribution in [0.25, 0.3) is 0 Å². The van der Waals surface area contributed by atoms with Gasteiger partial charge in [-0.05, 0) is 19.1 Å². The summed E-state index contributed by atoms with van der Waals surface area (Å²) in [6.45, 7) is 1.50. The molecule has 1 amide bonds. The van der Waals surface area contributed by atoms with Gasteiger partial charge in [-0.2, -0.15) is 4.31 Å². The first kappa shape index (κ1) is 13.8. The molecule has 1 aliphatic rings. The van der Waals surface area contributed by atoms with E-state index in [1.54, 1.807) is 0 Å². The molecule has 0 radical (unpaired) electrons. The zero-order chi connectivity index (χ0) is 14.2. The van der Waals surface area contributed by atoms with E-state index >= 15 is 0 Å². The summed E-state index contributed by atoms with van der Waals surface area (Å²) in [5, 5.41) is 2.53. The van der Waals surface area contributed by atoms with Gasteiger partial charge in [-0.25, -0.2) is 12.8 Å². The Hall–Kier alpha value is -1.67. The maximum atomic E-state index is 13.6. The van der Waals surface area contributed by atoms with Crippen molar-refractivity contribution < 1.29 is 17.6 Å². The number of rotatable bonds is 2. The van der Waals surface area contributed by atoms with Crippen LogP contribution in [-0.4, -0.2) is 38.3 Å². The second-order valence-electron chi connectivity index (χ2n) is 4.31. The van der Waals surface area contributed by atoms with Gasteiger partial charge < -0.3 is 11.1 Å². The summed E-state index contributed by atoms with van der Waals surface area (Å²) in [5.74, 6) is -1.06. The molecule has 1 fully saturated rings. The largest absolute Gasteiger partial charge is 0.399 e. The fourth-order valence-corrected chi connectivity index (χ4v) is 3.57. The normalized spacial score (nSPS) is 17.3. The Morgan fingerprint density at radius 3 is 2.74 bits per heavy atom. The number of nitrogens with two attached hydrogens (primary N) is 1. The Kier molecular flexibility index (Phi) is 3.46. The number of carbonyl (C=O) groups is 1. The van der Waals surface area contributed by atoms with Crippen LogP contribution >= 0.6 is 0 Å². The molecule has 19 heavy (non-hydrogen) atoms. The molecule has 0 saturated carbocycles. The summed E-state index contributed by atoms with van der Waals surface area (Å²) in [6.07, 6.45) is 0. The topological polar surface area (TPSA) is 92.5 Å². The van der Waals surface area contributed by atoms with Crippen LogP contribution in [0.15, 0.2) is 17.0 Å². The van der Waals surface area contributed by atoms with Crippen molar-refractivity contribution >= 4 is 21.6 Å². The molecule has 0 aliphatic carbocycles. The van der Waals surface area contributed by atoms with E-state index in [9.17, 15) is 17.6 Å². The quantitative estimate of drug-likeness (QED) is 0.739. The van der Waals surface area contributed by atoms with Crippen LogP contribution in [0.5, 0.6) is 0 Å². The molecular formula is C11H14FN3O3S. The Balaban J connectivity index is 2.47. The van der Waals surface area contributed by atoms with Crippen molar-refractivity contribution in [3.63, 3.8) is 0 Å². The van der Waals surface area contributed by atoms with Gasteiger partial charge in [0.25, 0.3) is 0 Å². The van der Waals surface area contributed by atoms with Gasteiger partial charge in [0.2, 0.25) is 15.9 Å². The molecule has 1 heterocycles. The minimum absolute atomic E-state index is 0.000168. The summed E-state index contributed by atoms with van der Waals surface area (Å²) in [4.78, 5) is 11.1. The third kappa shape index (κ3) is 2.54. The second-order valence-corrected chi connectivity index (χ2v) is 6.22. The van der Waals surface area contributed by atoms with Crippen molar-refractivity contribution in [2.75, 3.05) is 25.4 Å². The molecular weight excluding hydrogens is 273 g/mol. The lowest BCUT2D eigenvalue weighted by Crippen LogP contribution is -2.49. The summed E-state index contributed by atoms with van der Waals surface area (Å²) in [7, 11) is -3.92. The Bertz CT molecular complexity index is 630. The van der Waals surface area contributed by atoms with Crippen molar-refractivity contribution in [2.24, 2.45) is 0 Å². The first-order valence-electron chi connectivity index (χ1n) is 5.65. The molecule has 3 N–H and O–H groups in total. The number of anilines is 1. The molecule has 1 saturated heterocycles. The first-order chi connectivity index (χ1) is 8.82. The Morgan fingerprint density at radius 2 is 2.11 bits per heavy atom. The van der Waals surface area contributed by atoms with E-state index in [0.29, 0.717) is 0 Å². The highest BCUT2D eigenvalue weighted by Crippen LogP contribution is 2.25. The summed E-state index contributed by atoms with van der Waals surface area (Å²) in [5.41, 5.74) is 5.51. The van der Waals surface area contributed by atoms with Crippen LogP contribution in [0.2, 0.25) is 0 Å². The first-order valence-corrected chi connectivity index (χ1v) is 7.09. The lowest BCUT2D eigenvalue weighted by Gasteiger charge is -2.26. The van der Waals surface area contributed by atoms with Crippen molar-refractivity contribution in [1.29, 1.82) is 0 Å². The average Bonchev–Trinajstić information content (AvgIpc) is 2.33. The fraction of sp³-hybridized carbons (Fsp3) is 0.364. The number of nitrogen functional groups attached to an aromatic ring is 1. The number of nitrogens with zero attached hydrogens (tertiary/aromatic N) is 1. The molecule has 6 nitrogen and oxygen atoms in total. The number of halogens is 1. The molecule has 8 heteroatoms. The molecule has 1 aromatic carbocycles. The van der Waals surface area contributed by atoms with E-state index in [1.807, 2.05) is 0 Å². The minimum atomic E-state index is -3.92. The third-order valence-electron chi connectivity index (χ3n) is 2.94. The third-order valence-corrected chi connectivity index (χ3v) is 4.91. The number of hydrogen-bond acceptors (Lipinski definition) is 4. The van der Waals surface area contributed by atoms with Gasteiger partial charge in [0, 0.05) is 24.3 Å². The maximum Gasteiger partial charge on any atom is 0.244 e. The number of amides is 1. The monoisotopic (exact) mass is 287 g/mol. The van der Waals surface area contributed by atoms with E-state index in [1.165, 1.54) is 13.0 Å². The van der Waals surface area contributed by atoms with Crippen molar-refractivity contribution in [1.82, 2.24) is 9.62 Å². The van der Waals surface area contributed by atoms with E-state index in [2.05, 4.69) is 5.32 Å². The Morgan fingerprint density at radius 1 is 1.42 bits per heavy atom. The maximum absolute atomic E-state index is 13.6. The molecule has 2 rings (SSSR count). The minimum Gasteiger partial charge on any atom is -0.399 e. The van der Waals surface area contributed by atoms with Crippen molar-refractivity contribution in [2.45, 2.75) is 11.8 Å². The molecule has 0 spiro atoms. The summed E-state index contributed by atoms with van der Waals surface area (Å²) >= 11 is 0. The van der Waals surface area contributed by atoms with E-state index in [0.717, 1.165) is 10.4 Å². The van der Waals surface area contributed by atoms with E-state index in [-0.39, 0.29) is 41.7 Å². The van der Waals surface area contributed by atoms with Crippen LogP contribution in [0.4, 0.5) is 10.1 Å². The summed E-state index contributed by atoms with van der Waals surface area (Å²) < 4.78 is 39.4. The number of sulfonamides is 1. The standard InChI is InChI=1S/C11H14FN3O3S/c1-7-9(12)4-8(13)5-10(7)19(17,18)15-3-2-14-11(16)6-15/h4-5H,2-3,6,13H2,1H3,(H,14,16). The molecule has 1 aliphatic heterocycles. The highest BCUT2D eigenvalue weighted by atomic mass is 32.2. The van der Waals surface area contributed by atoms with Gasteiger partial charge >= 0.3 is 0 Å². The molecule has 0 aromatic heterocycles. The van der Waals surface area contributed by atoms with E-state index in [4.69, 9.17) is 5.73 Å². The molecule has 104 valence electrons. The average molecular weight is 287 g/mol. The lowest BCUT2D eigenvalue weighted by molar-refractivity contribution is -0.122. The Labute approximate surface area is 110 Å². The zero-order valence-corrected chi connectivity index (χ0v) is 11.1. The predicted octanol–water partition coefficient (Wildman–Crippen LogP) is -0.163. The highest BCUT2D eigenvalue weighted by molar-refractivity contribution is 7.89. The zero-order valence-electron chi connectivity index (χ0n) is 10.3. The van der Waals surface area contributed by atoms with Gasteiger partial charge in [-0.15, -0.1) is 0 Å². The van der Waals surface area contributed by atoms with Crippen LogP contribution in [-0.2, 0) is 14.8 Å². The second kappa shape index (κ2) is 4.78. The predicted molar refractivity (Wildman–Crippen MR) is 67.3 cm³/mol. The molecule has 1 aromatic rings. The van der Waals surface area contributed by atoms with Gasteiger partial charge in [0.05, 0.1) is 11.4 Å². The summed E-state index contributed by atoms with van der Waals surface area (Å²) in [6, 6.07) is 2.28. The van der Waals surface area contributed by atoms with Crippen LogP contribution in [0.3, 0.4) is 0 Å².